The van der Waals surface area contributed by atoms with Gasteiger partial charge < -0.3 is 5.11 Å². The molecule has 0 aliphatic carbocycles. The normalized spacial score (nSPS) is 30.7. The summed E-state index contributed by atoms with van der Waals surface area (Å²) in [7, 11) is 0. The SMILES string of the molecule is OC1[C]N=CCC1. The average Bonchev–Trinajstić information content (AvgIpc) is 1.69. The minimum absolute atomic E-state index is 0.412. The number of aliphatic imine (C=N–C) groups is 1. The van der Waals surface area contributed by atoms with Crippen molar-refractivity contribution in [2.75, 3.05) is 0 Å². The Morgan fingerprint density at radius 3 is 3.00 bits per heavy atom. The largest absolute Gasteiger partial charge is 0.390 e. The zero-order chi connectivity index (χ0) is 5.11. The molecule has 1 N–H and O–H groups in total. The van der Waals surface area contributed by atoms with Gasteiger partial charge in [-0.05, 0) is 19.1 Å². The van der Waals surface area contributed by atoms with E-state index < -0.39 is 6.10 Å². The lowest BCUT2D eigenvalue weighted by molar-refractivity contribution is 0.195. The number of hydrogen-bond donors (Lipinski definition) is 1. The molecule has 0 saturated carbocycles. The first-order valence-corrected chi connectivity index (χ1v) is 2.35. The second kappa shape index (κ2) is 2.07. The molecule has 0 aromatic carbocycles. The van der Waals surface area contributed by atoms with Crippen LogP contribution in [0.5, 0.6) is 0 Å². The van der Waals surface area contributed by atoms with Crippen LogP contribution in [0.4, 0.5) is 0 Å². The first kappa shape index (κ1) is 4.78. The molecule has 0 fully saturated rings. The van der Waals surface area contributed by atoms with Crippen LogP contribution in [-0.4, -0.2) is 17.4 Å². The predicted octanol–water partition coefficient (Wildman–Crippen LogP) is 0.251. The Kier molecular flexibility index (Phi) is 1.42. The van der Waals surface area contributed by atoms with Gasteiger partial charge in [-0.3, -0.25) is 4.99 Å². The summed E-state index contributed by atoms with van der Waals surface area (Å²) in [5, 5.41) is 8.68. The molecule has 2 nitrogen and oxygen atoms in total. The zero-order valence-corrected chi connectivity index (χ0v) is 3.96. The van der Waals surface area contributed by atoms with E-state index in [0.717, 1.165) is 12.8 Å². The first-order valence-electron chi connectivity index (χ1n) is 2.35. The van der Waals surface area contributed by atoms with Crippen molar-refractivity contribution in [2.24, 2.45) is 4.99 Å². The topological polar surface area (TPSA) is 32.6 Å². The number of aliphatic hydroxyl groups excluding tert-OH is 1. The molecule has 1 aliphatic rings. The molecule has 38 valence electrons. The number of aliphatic hydroxyl groups is 1. The molecular weight excluding hydrogens is 90.1 g/mol. The summed E-state index contributed by atoms with van der Waals surface area (Å²) < 4.78 is 0. The molecule has 2 radical (unpaired) electrons. The molecule has 0 aromatic rings. The molecule has 1 aliphatic heterocycles. The van der Waals surface area contributed by atoms with Crippen LogP contribution >= 0.6 is 0 Å². The van der Waals surface area contributed by atoms with Crippen molar-refractivity contribution in [2.45, 2.75) is 18.9 Å². The molecule has 1 unspecified atom stereocenters. The number of rotatable bonds is 0. The highest BCUT2D eigenvalue weighted by molar-refractivity contribution is 5.58. The summed E-state index contributed by atoms with van der Waals surface area (Å²) in [6, 6.07) is 0. The lowest BCUT2D eigenvalue weighted by Crippen LogP contribution is -2.09. The van der Waals surface area contributed by atoms with Gasteiger partial charge in [0.05, 0.1) is 6.10 Å². The lowest BCUT2D eigenvalue weighted by Gasteiger charge is -2.06. The smallest absolute Gasteiger partial charge is 0.146 e. The third-order valence-electron chi connectivity index (χ3n) is 0.884. The van der Waals surface area contributed by atoms with Crippen LogP contribution in [0, 0.1) is 6.54 Å². The van der Waals surface area contributed by atoms with Crippen molar-refractivity contribution >= 4 is 6.21 Å². The van der Waals surface area contributed by atoms with Crippen LogP contribution < -0.4 is 0 Å². The van der Waals surface area contributed by atoms with Gasteiger partial charge >= 0.3 is 0 Å². The molecule has 0 amide bonds. The Bertz CT molecular complexity index is 80.1. The molecular formula is C5H7NO. The minimum atomic E-state index is -0.412. The van der Waals surface area contributed by atoms with Crippen molar-refractivity contribution in [1.29, 1.82) is 0 Å². The van der Waals surface area contributed by atoms with E-state index in [1.54, 1.807) is 6.21 Å². The molecule has 0 bridgehead atoms. The standard InChI is InChI=1S/C5H7NO/c7-5-2-1-3-6-4-5/h3,5,7H,1-2H2. The molecule has 1 rings (SSSR count). The average molecular weight is 97.1 g/mol. The fourth-order valence-electron chi connectivity index (χ4n) is 0.500. The monoisotopic (exact) mass is 97.1 g/mol. The van der Waals surface area contributed by atoms with Gasteiger partial charge in [-0.25, -0.2) is 0 Å². The van der Waals surface area contributed by atoms with E-state index >= 15 is 0 Å². The van der Waals surface area contributed by atoms with Crippen molar-refractivity contribution < 1.29 is 5.11 Å². The van der Waals surface area contributed by atoms with Crippen LogP contribution in [0.25, 0.3) is 0 Å². The third-order valence-corrected chi connectivity index (χ3v) is 0.884. The Morgan fingerprint density at radius 1 is 1.86 bits per heavy atom. The quantitative estimate of drug-likeness (QED) is 0.461. The molecule has 0 saturated heterocycles. The van der Waals surface area contributed by atoms with Crippen LogP contribution in [-0.2, 0) is 0 Å². The van der Waals surface area contributed by atoms with Crippen molar-refractivity contribution in [1.82, 2.24) is 0 Å². The minimum Gasteiger partial charge on any atom is -0.390 e. The second-order valence-corrected chi connectivity index (χ2v) is 1.53. The van der Waals surface area contributed by atoms with Gasteiger partial charge in [0.25, 0.3) is 0 Å². The maximum Gasteiger partial charge on any atom is 0.146 e. The highest BCUT2D eigenvalue weighted by atomic mass is 16.3. The molecule has 2 heteroatoms. The highest BCUT2D eigenvalue weighted by Crippen LogP contribution is 2.04. The fourth-order valence-corrected chi connectivity index (χ4v) is 0.500. The van der Waals surface area contributed by atoms with E-state index in [2.05, 4.69) is 11.5 Å². The Balaban J connectivity index is 2.32. The van der Waals surface area contributed by atoms with Gasteiger partial charge in [-0.1, -0.05) is 0 Å². The second-order valence-electron chi connectivity index (χ2n) is 1.53. The van der Waals surface area contributed by atoms with Crippen LogP contribution in [0.1, 0.15) is 12.8 Å². The third kappa shape index (κ3) is 1.27. The molecule has 0 spiro atoms. The van der Waals surface area contributed by atoms with Gasteiger partial charge in [0.1, 0.15) is 6.54 Å². The van der Waals surface area contributed by atoms with Crippen molar-refractivity contribution in [3.05, 3.63) is 6.54 Å². The van der Waals surface area contributed by atoms with E-state index in [9.17, 15) is 0 Å². The highest BCUT2D eigenvalue weighted by Gasteiger charge is 2.05. The van der Waals surface area contributed by atoms with E-state index in [1.165, 1.54) is 0 Å². The summed E-state index contributed by atoms with van der Waals surface area (Å²) in [5.74, 6) is 0. The van der Waals surface area contributed by atoms with Crippen LogP contribution in [0.3, 0.4) is 0 Å². The Hall–Kier alpha value is -0.370. The van der Waals surface area contributed by atoms with E-state index in [4.69, 9.17) is 5.11 Å². The summed E-state index contributed by atoms with van der Waals surface area (Å²) in [5.41, 5.74) is 0. The molecule has 1 heterocycles. The summed E-state index contributed by atoms with van der Waals surface area (Å²) in [6.45, 7) is 2.51. The Labute approximate surface area is 42.9 Å². The number of hydrogen-bond acceptors (Lipinski definition) is 2. The van der Waals surface area contributed by atoms with Gasteiger partial charge in [0.15, 0.2) is 0 Å². The summed E-state index contributed by atoms with van der Waals surface area (Å²) >= 11 is 0. The van der Waals surface area contributed by atoms with Crippen LogP contribution in [0.15, 0.2) is 4.99 Å². The summed E-state index contributed by atoms with van der Waals surface area (Å²) in [4.78, 5) is 3.63. The first-order chi connectivity index (χ1) is 3.39. The van der Waals surface area contributed by atoms with Gasteiger partial charge in [-0.15, -0.1) is 0 Å². The van der Waals surface area contributed by atoms with E-state index in [-0.39, 0.29) is 0 Å². The van der Waals surface area contributed by atoms with Crippen LogP contribution in [0.2, 0.25) is 0 Å². The van der Waals surface area contributed by atoms with Gasteiger partial charge in [-0.2, -0.15) is 0 Å². The molecule has 0 aromatic heterocycles. The maximum atomic E-state index is 8.68. The zero-order valence-electron chi connectivity index (χ0n) is 3.96. The van der Waals surface area contributed by atoms with Gasteiger partial charge in [0.2, 0.25) is 0 Å². The molecule has 1 atom stereocenters. The van der Waals surface area contributed by atoms with Crippen molar-refractivity contribution in [3.8, 4) is 0 Å². The fraction of sp³-hybridized carbons (Fsp3) is 0.600. The predicted molar refractivity (Wildman–Crippen MR) is 27.0 cm³/mol. The lowest BCUT2D eigenvalue weighted by atomic mass is 10.2. The summed E-state index contributed by atoms with van der Waals surface area (Å²) in [6.07, 6.45) is 3.01. The Morgan fingerprint density at radius 2 is 2.71 bits per heavy atom. The molecule has 7 heavy (non-hydrogen) atoms. The van der Waals surface area contributed by atoms with Gasteiger partial charge in [0, 0.05) is 0 Å². The van der Waals surface area contributed by atoms with E-state index in [0.29, 0.717) is 0 Å². The number of nitrogens with zero attached hydrogens (tertiary/aromatic N) is 1. The van der Waals surface area contributed by atoms with E-state index in [1.807, 2.05) is 0 Å². The maximum absolute atomic E-state index is 8.68. The van der Waals surface area contributed by atoms with Crippen molar-refractivity contribution in [3.63, 3.8) is 0 Å².